The third kappa shape index (κ3) is 5.49. The molecule has 1 aliphatic heterocycles. The van der Waals surface area contributed by atoms with Gasteiger partial charge < -0.3 is 9.64 Å². The SMILES string of the molecule is c1ccc(-c2ccccc2N(c2ccc3c(c2)-c2ccccc2Oc2ccccc2-3)c2ccc3c(c2)C2(c4ccccc4-c4ccccc4-3)c3ccccc3-c3c2ccc2sc4ccccc4c32)cc1. The highest BCUT2D eigenvalue weighted by molar-refractivity contribution is 7.26. The van der Waals surface area contributed by atoms with Gasteiger partial charge in [-0.1, -0.05) is 194 Å². The van der Waals surface area contributed by atoms with E-state index in [1.165, 1.54) is 75.8 Å². The third-order valence-electron chi connectivity index (χ3n) is 15.1. The first-order valence-electron chi connectivity index (χ1n) is 24.1. The van der Waals surface area contributed by atoms with Crippen molar-refractivity contribution in [2.75, 3.05) is 4.90 Å². The molecule has 3 heteroatoms. The van der Waals surface area contributed by atoms with Gasteiger partial charge in [-0.3, -0.25) is 0 Å². The molecule has 326 valence electrons. The standard InChI is InChI=1S/C67H41NOS/c1-2-18-42(19-3-1)45-20-8-14-30-60(45)68(43-34-36-48-51-24-9-15-31-61(51)69-62-32-16-10-25-52(62)55(48)40-43)44-35-37-50-47-22-5-4-21-46(47)49-23-6-12-28-56(49)67(59(50)41-44)57-29-13-7-26-53(57)65-58(67)38-39-64-66(65)54-27-11-17-33-63(54)70-64/h1-41H. The normalized spacial score (nSPS) is 14.5. The highest BCUT2D eigenvalue weighted by atomic mass is 32.1. The minimum atomic E-state index is -0.678. The zero-order valence-electron chi connectivity index (χ0n) is 37.9. The highest BCUT2D eigenvalue weighted by Crippen LogP contribution is 2.64. The van der Waals surface area contributed by atoms with Crippen molar-refractivity contribution in [1.82, 2.24) is 0 Å². The third-order valence-corrected chi connectivity index (χ3v) is 16.3. The van der Waals surface area contributed by atoms with Gasteiger partial charge in [0.2, 0.25) is 0 Å². The summed E-state index contributed by atoms with van der Waals surface area (Å²) in [6, 6.07) is 92.1. The lowest BCUT2D eigenvalue weighted by Crippen LogP contribution is -2.29. The zero-order chi connectivity index (χ0) is 45.9. The van der Waals surface area contributed by atoms with Gasteiger partial charge in [0, 0.05) is 48.2 Å². The number of nitrogens with zero attached hydrogens (tertiary/aromatic N) is 1. The van der Waals surface area contributed by atoms with Gasteiger partial charge in [-0.05, 0) is 127 Å². The number of para-hydroxylation sites is 3. The molecule has 0 radical (unpaired) electrons. The Kier molecular flexibility index (Phi) is 8.48. The van der Waals surface area contributed by atoms with E-state index in [4.69, 9.17) is 4.74 Å². The summed E-state index contributed by atoms with van der Waals surface area (Å²) in [5.74, 6) is 1.70. The lowest BCUT2D eigenvalue weighted by atomic mass is 9.65. The largest absolute Gasteiger partial charge is 0.456 e. The van der Waals surface area contributed by atoms with Crippen molar-refractivity contribution in [1.29, 1.82) is 0 Å². The minimum absolute atomic E-state index is 0.678. The predicted octanol–water partition coefficient (Wildman–Crippen LogP) is 18.6. The molecule has 70 heavy (non-hydrogen) atoms. The highest BCUT2D eigenvalue weighted by Gasteiger charge is 2.50. The molecule has 1 unspecified atom stereocenters. The van der Waals surface area contributed by atoms with E-state index < -0.39 is 5.41 Å². The molecule has 2 aliphatic carbocycles. The van der Waals surface area contributed by atoms with E-state index in [0.29, 0.717) is 0 Å². The molecule has 1 atom stereocenters. The Morgan fingerprint density at radius 2 is 0.857 bits per heavy atom. The van der Waals surface area contributed by atoms with Crippen LogP contribution in [0.1, 0.15) is 22.3 Å². The molecule has 1 aromatic heterocycles. The maximum absolute atomic E-state index is 6.71. The average molecular weight is 908 g/mol. The second kappa shape index (κ2) is 15.1. The summed E-state index contributed by atoms with van der Waals surface area (Å²) in [5, 5.41) is 2.65. The van der Waals surface area contributed by atoms with Crippen LogP contribution >= 0.6 is 11.3 Å². The van der Waals surface area contributed by atoms with Gasteiger partial charge in [-0.2, -0.15) is 0 Å². The van der Waals surface area contributed by atoms with E-state index in [9.17, 15) is 0 Å². The number of hydrogen-bond acceptors (Lipinski definition) is 3. The molecule has 1 spiro atoms. The summed E-state index contributed by atoms with van der Waals surface area (Å²) in [7, 11) is 0. The Morgan fingerprint density at radius 1 is 0.329 bits per heavy atom. The quantitative estimate of drug-likeness (QED) is 0.174. The smallest absolute Gasteiger partial charge is 0.135 e. The topological polar surface area (TPSA) is 12.5 Å². The number of anilines is 3. The molecule has 11 aromatic carbocycles. The minimum Gasteiger partial charge on any atom is -0.456 e. The summed E-state index contributed by atoms with van der Waals surface area (Å²) in [5.41, 5.74) is 22.0. The number of rotatable bonds is 4. The average Bonchev–Trinajstić information content (AvgIpc) is 3.88. The van der Waals surface area contributed by atoms with Crippen LogP contribution in [0.2, 0.25) is 0 Å². The van der Waals surface area contributed by atoms with E-state index in [1.54, 1.807) is 0 Å². The maximum Gasteiger partial charge on any atom is 0.135 e. The molecular formula is C67H41NOS. The Morgan fingerprint density at radius 3 is 1.61 bits per heavy atom. The fourth-order valence-corrected chi connectivity index (χ4v) is 13.4. The predicted molar refractivity (Wildman–Crippen MR) is 292 cm³/mol. The zero-order valence-corrected chi connectivity index (χ0v) is 38.8. The Balaban J connectivity index is 1.07. The molecule has 0 bridgehead atoms. The van der Waals surface area contributed by atoms with Crippen LogP contribution < -0.4 is 9.64 Å². The van der Waals surface area contributed by atoms with Gasteiger partial charge in [0.05, 0.1) is 11.1 Å². The van der Waals surface area contributed by atoms with Crippen molar-refractivity contribution in [3.8, 4) is 78.3 Å². The van der Waals surface area contributed by atoms with Crippen LogP contribution in [-0.2, 0) is 5.41 Å². The van der Waals surface area contributed by atoms with Crippen molar-refractivity contribution >= 4 is 48.6 Å². The van der Waals surface area contributed by atoms with Crippen LogP contribution in [0.25, 0.3) is 86.9 Å². The molecule has 0 N–H and O–H groups in total. The van der Waals surface area contributed by atoms with E-state index in [1.807, 2.05) is 11.3 Å². The molecule has 0 saturated carbocycles. The van der Waals surface area contributed by atoms with E-state index >= 15 is 0 Å². The summed E-state index contributed by atoms with van der Waals surface area (Å²) < 4.78 is 9.33. The van der Waals surface area contributed by atoms with Crippen molar-refractivity contribution in [3.63, 3.8) is 0 Å². The summed E-state index contributed by atoms with van der Waals surface area (Å²) in [4.78, 5) is 2.50. The summed E-state index contributed by atoms with van der Waals surface area (Å²) in [6.45, 7) is 0. The Hall–Kier alpha value is -8.76. The summed E-state index contributed by atoms with van der Waals surface area (Å²) >= 11 is 1.89. The second-order valence-electron chi connectivity index (χ2n) is 18.6. The number of thiophene rings is 1. The van der Waals surface area contributed by atoms with Gasteiger partial charge in [-0.15, -0.1) is 11.3 Å². The lowest BCUT2D eigenvalue weighted by Gasteiger charge is -2.37. The van der Waals surface area contributed by atoms with Gasteiger partial charge in [0.15, 0.2) is 0 Å². The van der Waals surface area contributed by atoms with Crippen LogP contribution in [0, 0.1) is 0 Å². The van der Waals surface area contributed by atoms with Gasteiger partial charge >= 0.3 is 0 Å². The molecule has 0 amide bonds. The molecule has 0 fully saturated rings. The van der Waals surface area contributed by atoms with E-state index in [0.717, 1.165) is 61.9 Å². The fraction of sp³-hybridized carbons (Fsp3) is 0.0149. The Bertz CT molecular complexity index is 4130. The molecule has 3 aliphatic rings. The molecular weight excluding hydrogens is 867 g/mol. The maximum atomic E-state index is 6.71. The molecule has 2 heterocycles. The van der Waals surface area contributed by atoms with Crippen LogP contribution in [0.3, 0.4) is 0 Å². The lowest BCUT2D eigenvalue weighted by molar-refractivity contribution is 0.488. The van der Waals surface area contributed by atoms with Crippen LogP contribution in [0.15, 0.2) is 249 Å². The van der Waals surface area contributed by atoms with Crippen molar-refractivity contribution in [2.24, 2.45) is 0 Å². The number of benzene rings is 11. The number of ether oxygens (including phenoxy) is 1. The first-order valence-corrected chi connectivity index (χ1v) is 24.9. The van der Waals surface area contributed by atoms with E-state index in [-0.39, 0.29) is 0 Å². The number of hydrogen-bond donors (Lipinski definition) is 0. The van der Waals surface area contributed by atoms with Crippen molar-refractivity contribution < 1.29 is 4.74 Å². The number of fused-ring (bicyclic) bond motifs is 21. The molecule has 0 saturated heterocycles. The van der Waals surface area contributed by atoms with Crippen LogP contribution in [0.4, 0.5) is 17.1 Å². The second-order valence-corrected chi connectivity index (χ2v) is 19.7. The monoisotopic (exact) mass is 907 g/mol. The molecule has 2 nitrogen and oxygen atoms in total. The Labute approximate surface area is 410 Å². The van der Waals surface area contributed by atoms with Gasteiger partial charge in [0.25, 0.3) is 0 Å². The molecule has 12 aromatic rings. The van der Waals surface area contributed by atoms with Crippen molar-refractivity contribution in [2.45, 2.75) is 5.41 Å². The first-order chi connectivity index (χ1) is 34.7. The fourth-order valence-electron chi connectivity index (χ4n) is 12.3. The van der Waals surface area contributed by atoms with Gasteiger partial charge in [-0.25, -0.2) is 0 Å². The van der Waals surface area contributed by atoms with Crippen molar-refractivity contribution in [3.05, 3.63) is 271 Å². The van der Waals surface area contributed by atoms with E-state index in [2.05, 4.69) is 254 Å². The van der Waals surface area contributed by atoms with Crippen LogP contribution in [-0.4, -0.2) is 0 Å². The molecule has 15 rings (SSSR count). The van der Waals surface area contributed by atoms with Gasteiger partial charge in [0.1, 0.15) is 11.5 Å². The first kappa shape index (κ1) is 39.3. The summed E-state index contributed by atoms with van der Waals surface area (Å²) in [6.07, 6.45) is 0. The van der Waals surface area contributed by atoms with Crippen LogP contribution in [0.5, 0.6) is 11.5 Å².